The first-order valence-corrected chi connectivity index (χ1v) is 9.52. The first-order valence-electron chi connectivity index (χ1n) is 8.77. The lowest BCUT2D eigenvalue weighted by atomic mass is 10.1. The van der Waals surface area contributed by atoms with Gasteiger partial charge in [-0.1, -0.05) is 23.2 Å². The molecule has 6 nitrogen and oxygen atoms in total. The van der Waals surface area contributed by atoms with Gasteiger partial charge >= 0.3 is 0 Å². The van der Waals surface area contributed by atoms with Gasteiger partial charge in [0.15, 0.2) is 6.61 Å². The smallest absolute Gasteiger partial charge is 0.260 e. The molecule has 0 atom stereocenters. The fourth-order valence-corrected chi connectivity index (χ4v) is 3.19. The highest BCUT2D eigenvalue weighted by Gasteiger charge is 2.21. The van der Waals surface area contributed by atoms with E-state index in [-0.39, 0.29) is 18.4 Å². The van der Waals surface area contributed by atoms with Crippen molar-refractivity contribution in [3.05, 3.63) is 57.6 Å². The van der Waals surface area contributed by atoms with Gasteiger partial charge in [0.2, 0.25) is 0 Å². The first-order chi connectivity index (χ1) is 13.5. The van der Waals surface area contributed by atoms with Crippen molar-refractivity contribution >= 4 is 40.7 Å². The van der Waals surface area contributed by atoms with Gasteiger partial charge in [-0.15, -0.1) is 0 Å². The fraction of sp³-hybridized carbons (Fsp3) is 0.300. The standard InChI is InChI=1S/C20H20Cl2N2O4/c1-27-8-2-7-24-11-14-9-15(4-6-18(14)28-12-19(24)25)23-20(26)13-3-5-16(21)17(22)10-13/h3-6,9-10H,2,7-8,11-12H2,1H3,(H,23,26). The first kappa shape index (κ1) is 20.5. The molecule has 0 aliphatic carbocycles. The lowest BCUT2D eigenvalue weighted by molar-refractivity contribution is -0.133. The number of methoxy groups -OCH3 is 1. The Hall–Kier alpha value is -2.28. The third kappa shape index (κ3) is 4.95. The zero-order valence-electron chi connectivity index (χ0n) is 15.3. The second-order valence-electron chi connectivity index (χ2n) is 6.36. The summed E-state index contributed by atoms with van der Waals surface area (Å²) in [6, 6.07) is 10.00. The van der Waals surface area contributed by atoms with Gasteiger partial charge in [-0.3, -0.25) is 9.59 Å². The summed E-state index contributed by atoms with van der Waals surface area (Å²) in [5.41, 5.74) is 1.83. The van der Waals surface area contributed by atoms with E-state index in [4.69, 9.17) is 32.7 Å². The Morgan fingerprint density at radius 2 is 2.04 bits per heavy atom. The maximum Gasteiger partial charge on any atom is 0.260 e. The number of hydrogen-bond donors (Lipinski definition) is 1. The molecule has 148 valence electrons. The Balaban J connectivity index is 1.74. The number of carbonyl (C=O) groups is 2. The van der Waals surface area contributed by atoms with Crippen molar-refractivity contribution < 1.29 is 19.1 Å². The summed E-state index contributed by atoms with van der Waals surface area (Å²) in [5, 5.41) is 3.54. The van der Waals surface area contributed by atoms with Crippen molar-refractivity contribution in [2.24, 2.45) is 0 Å². The van der Waals surface area contributed by atoms with Crippen molar-refractivity contribution in [3.63, 3.8) is 0 Å². The molecule has 8 heteroatoms. The van der Waals surface area contributed by atoms with E-state index in [2.05, 4.69) is 5.32 Å². The number of ether oxygens (including phenoxy) is 2. The molecule has 28 heavy (non-hydrogen) atoms. The zero-order valence-corrected chi connectivity index (χ0v) is 16.8. The summed E-state index contributed by atoms with van der Waals surface area (Å²) >= 11 is 11.9. The monoisotopic (exact) mass is 422 g/mol. The molecule has 1 heterocycles. The molecule has 2 amide bonds. The number of anilines is 1. The molecule has 0 unspecified atom stereocenters. The van der Waals surface area contributed by atoms with E-state index in [1.165, 1.54) is 6.07 Å². The van der Waals surface area contributed by atoms with Crippen molar-refractivity contribution in [2.75, 3.05) is 32.2 Å². The summed E-state index contributed by atoms with van der Waals surface area (Å²) < 4.78 is 10.7. The van der Waals surface area contributed by atoms with Crippen LogP contribution in [0.4, 0.5) is 5.69 Å². The summed E-state index contributed by atoms with van der Waals surface area (Å²) in [4.78, 5) is 26.5. The number of hydrogen-bond acceptors (Lipinski definition) is 4. The van der Waals surface area contributed by atoms with Crippen LogP contribution in [0.5, 0.6) is 5.75 Å². The van der Waals surface area contributed by atoms with Gasteiger partial charge in [0, 0.05) is 43.6 Å². The van der Waals surface area contributed by atoms with E-state index in [1.54, 1.807) is 36.3 Å². The van der Waals surface area contributed by atoms with E-state index in [1.807, 2.05) is 6.07 Å². The number of benzene rings is 2. The highest BCUT2D eigenvalue weighted by molar-refractivity contribution is 6.42. The molecule has 0 saturated heterocycles. The van der Waals surface area contributed by atoms with Crippen molar-refractivity contribution in [2.45, 2.75) is 13.0 Å². The van der Waals surface area contributed by atoms with Crippen LogP contribution in [-0.4, -0.2) is 43.6 Å². The number of rotatable bonds is 6. The lowest BCUT2D eigenvalue weighted by Crippen LogP contribution is -2.33. The minimum atomic E-state index is -0.305. The highest BCUT2D eigenvalue weighted by atomic mass is 35.5. The largest absolute Gasteiger partial charge is 0.483 e. The summed E-state index contributed by atoms with van der Waals surface area (Å²) in [6.45, 7) is 1.57. The van der Waals surface area contributed by atoms with Crippen LogP contribution in [-0.2, 0) is 16.1 Å². The fourth-order valence-electron chi connectivity index (χ4n) is 2.89. The molecule has 0 fully saturated rings. The van der Waals surface area contributed by atoms with Crippen molar-refractivity contribution in [1.29, 1.82) is 0 Å². The normalized spacial score (nSPS) is 13.5. The van der Waals surface area contributed by atoms with Gasteiger partial charge in [-0.05, 0) is 42.8 Å². The quantitative estimate of drug-likeness (QED) is 0.714. The molecule has 0 radical (unpaired) electrons. The van der Waals surface area contributed by atoms with E-state index in [0.717, 1.165) is 12.0 Å². The maximum atomic E-state index is 12.5. The minimum absolute atomic E-state index is 0.00500. The van der Waals surface area contributed by atoms with Crippen LogP contribution in [0.2, 0.25) is 10.0 Å². The number of nitrogens with one attached hydrogen (secondary N) is 1. The summed E-state index contributed by atoms with van der Waals surface area (Å²) in [5.74, 6) is 0.255. The summed E-state index contributed by atoms with van der Waals surface area (Å²) in [7, 11) is 1.63. The SMILES string of the molecule is COCCCN1Cc2cc(NC(=O)c3ccc(Cl)c(Cl)c3)ccc2OCC1=O. The van der Waals surface area contributed by atoms with Crippen LogP contribution >= 0.6 is 23.2 Å². The van der Waals surface area contributed by atoms with Gasteiger partial charge in [0.05, 0.1) is 10.0 Å². The Bertz CT molecular complexity index is 889. The zero-order chi connectivity index (χ0) is 20.1. The number of nitrogens with zero attached hydrogens (tertiary/aromatic N) is 1. The van der Waals surface area contributed by atoms with Crippen LogP contribution in [0.15, 0.2) is 36.4 Å². The summed E-state index contributed by atoms with van der Waals surface area (Å²) in [6.07, 6.45) is 0.741. The van der Waals surface area contributed by atoms with Gasteiger partial charge in [-0.25, -0.2) is 0 Å². The molecule has 2 aromatic rings. The number of carbonyl (C=O) groups excluding carboxylic acids is 2. The average Bonchev–Trinajstić information content (AvgIpc) is 2.83. The van der Waals surface area contributed by atoms with E-state index in [9.17, 15) is 9.59 Å². The van der Waals surface area contributed by atoms with Gasteiger partial charge < -0.3 is 19.7 Å². The number of amides is 2. The minimum Gasteiger partial charge on any atom is -0.483 e. The molecule has 2 aromatic carbocycles. The van der Waals surface area contributed by atoms with Crippen LogP contribution < -0.4 is 10.1 Å². The predicted octanol–water partition coefficient (Wildman–Crippen LogP) is 4.00. The Morgan fingerprint density at radius 3 is 2.79 bits per heavy atom. The van der Waals surface area contributed by atoms with Crippen molar-refractivity contribution in [3.8, 4) is 5.75 Å². The van der Waals surface area contributed by atoms with Crippen molar-refractivity contribution in [1.82, 2.24) is 4.90 Å². The second-order valence-corrected chi connectivity index (χ2v) is 7.17. The van der Waals surface area contributed by atoms with Gasteiger partial charge in [0.1, 0.15) is 5.75 Å². The number of halogens is 2. The van der Waals surface area contributed by atoms with Crippen LogP contribution in [0, 0.1) is 0 Å². The average molecular weight is 423 g/mol. The van der Waals surface area contributed by atoms with E-state index < -0.39 is 0 Å². The van der Waals surface area contributed by atoms with Crippen LogP contribution in [0.1, 0.15) is 22.3 Å². The molecule has 1 N–H and O–H groups in total. The molecular weight excluding hydrogens is 403 g/mol. The lowest BCUT2D eigenvalue weighted by Gasteiger charge is -2.20. The number of fused-ring (bicyclic) bond motifs is 1. The molecular formula is C20H20Cl2N2O4. The third-order valence-electron chi connectivity index (χ3n) is 4.34. The Labute approximate surface area is 173 Å². The third-order valence-corrected chi connectivity index (χ3v) is 5.08. The Morgan fingerprint density at radius 1 is 1.21 bits per heavy atom. The Kier molecular flexibility index (Phi) is 6.78. The molecule has 0 bridgehead atoms. The second kappa shape index (κ2) is 9.28. The highest BCUT2D eigenvalue weighted by Crippen LogP contribution is 2.28. The topological polar surface area (TPSA) is 67.9 Å². The molecule has 0 spiro atoms. The predicted molar refractivity (Wildman–Crippen MR) is 108 cm³/mol. The van der Waals surface area contributed by atoms with Gasteiger partial charge in [0.25, 0.3) is 11.8 Å². The van der Waals surface area contributed by atoms with E-state index >= 15 is 0 Å². The molecule has 0 saturated carbocycles. The van der Waals surface area contributed by atoms with Crippen LogP contribution in [0.3, 0.4) is 0 Å². The van der Waals surface area contributed by atoms with Crippen LogP contribution in [0.25, 0.3) is 0 Å². The van der Waals surface area contributed by atoms with Gasteiger partial charge in [-0.2, -0.15) is 0 Å². The van der Waals surface area contributed by atoms with E-state index in [0.29, 0.717) is 46.7 Å². The molecule has 3 rings (SSSR count). The molecule has 1 aliphatic heterocycles. The molecule has 0 aromatic heterocycles. The maximum absolute atomic E-state index is 12.5. The molecule has 1 aliphatic rings.